The second kappa shape index (κ2) is 7.90. The molecule has 1 amide bonds. The van der Waals surface area contributed by atoms with Gasteiger partial charge in [-0.15, -0.1) is 0 Å². The van der Waals surface area contributed by atoms with Crippen LogP contribution in [0.2, 0.25) is 0 Å². The summed E-state index contributed by atoms with van der Waals surface area (Å²) in [7, 11) is 1.64. The summed E-state index contributed by atoms with van der Waals surface area (Å²) in [6.07, 6.45) is 1.77. The van der Waals surface area contributed by atoms with Gasteiger partial charge in [0.05, 0.1) is 24.8 Å². The molecule has 0 aliphatic rings. The molecule has 0 spiro atoms. The van der Waals surface area contributed by atoms with E-state index in [1.165, 1.54) is 11.8 Å². The van der Waals surface area contributed by atoms with Gasteiger partial charge in [0.1, 0.15) is 5.75 Å². The van der Waals surface area contributed by atoms with E-state index in [1.807, 2.05) is 55.5 Å². The number of anilines is 1. The third-order valence-corrected chi connectivity index (χ3v) is 4.52. The lowest BCUT2D eigenvalue weighted by Crippen LogP contribution is -2.14. The Labute approximate surface area is 150 Å². The molecule has 0 saturated carbocycles. The Morgan fingerprint density at radius 3 is 2.56 bits per heavy atom. The number of aromatic amines is 1. The largest absolute Gasteiger partial charge is 0.497 e. The Bertz CT molecular complexity index is 842. The van der Waals surface area contributed by atoms with E-state index in [1.54, 1.807) is 13.3 Å². The van der Waals surface area contributed by atoms with Crippen molar-refractivity contribution in [1.82, 2.24) is 9.97 Å². The number of thioether (sulfide) groups is 1. The van der Waals surface area contributed by atoms with Crippen LogP contribution in [0, 0.1) is 6.92 Å². The number of carbonyl (C=O) groups is 1. The molecule has 0 bridgehead atoms. The molecule has 1 heterocycles. The highest BCUT2D eigenvalue weighted by atomic mass is 32.2. The first-order chi connectivity index (χ1) is 12.1. The molecule has 0 fully saturated rings. The average Bonchev–Trinajstić information content (AvgIpc) is 3.11. The van der Waals surface area contributed by atoms with Gasteiger partial charge in [0.15, 0.2) is 5.16 Å². The van der Waals surface area contributed by atoms with Gasteiger partial charge in [-0.05, 0) is 48.9 Å². The maximum atomic E-state index is 12.0. The zero-order valence-electron chi connectivity index (χ0n) is 14.1. The quantitative estimate of drug-likeness (QED) is 0.654. The molecule has 0 radical (unpaired) electrons. The summed E-state index contributed by atoms with van der Waals surface area (Å²) in [6, 6.07) is 15.5. The predicted octanol–water partition coefficient (Wildman–Crippen LogP) is 4.12. The average molecular weight is 353 g/mol. The molecule has 25 heavy (non-hydrogen) atoms. The second-order valence-corrected chi connectivity index (χ2v) is 6.50. The van der Waals surface area contributed by atoms with Crippen LogP contribution in [0.25, 0.3) is 11.3 Å². The molecule has 2 N–H and O–H groups in total. The van der Waals surface area contributed by atoms with Gasteiger partial charge < -0.3 is 15.0 Å². The number of carbonyl (C=O) groups excluding carboxylic acids is 1. The second-order valence-electron chi connectivity index (χ2n) is 5.53. The van der Waals surface area contributed by atoms with E-state index in [4.69, 9.17) is 4.74 Å². The zero-order chi connectivity index (χ0) is 17.6. The van der Waals surface area contributed by atoms with E-state index >= 15 is 0 Å². The highest BCUT2D eigenvalue weighted by Gasteiger charge is 2.08. The Hall–Kier alpha value is -2.73. The van der Waals surface area contributed by atoms with Crippen molar-refractivity contribution in [2.75, 3.05) is 18.2 Å². The molecule has 3 rings (SSSR count). The van der Waals surface area contributed by atoms with E-state index in [0.717, 1.165) is 28.3 Å². The monoisotopic (exact) mass is 353 g/mol. The molecule has 5 nitrogen and oxygen atoms in total. The van der Waals surface area contributed by atoms with Crippen molar-refractivity contribution >= 4 is 23.4 Å². The number of aromatic nitrogens is 2. The number of amides is 1. The van der Waals surface area contributed by atoms with E-state index in [-0.39, 0.29) is 5.91 Å². The van der Waals surface area contributed by atoms with Crippen LogP contribution in [0.4, 0.5) is 5.69 Å². The zero-order valence-corrected chi connectivity index (χ0v) is 14.9. The molecule has 128 valence electrons. The molecule has 0 unspecified atom stereocenters. The van der Waals surface area contributed by atoms with Gasteiger partial charge in [-0.2, -0.15) is 0 Å². The van der Waals surface area contributed by atoms with E-state index in [0.29, 0.717) is 10.9 Å². The van der Waals surface area contributed by atoms with Gasteiger partial charge in [0, 0.05) is 5.69 Å². The highest BCUT2D eigenvalue weighted by molar-refractivity contribution is 7.99. The SMILES string of the molecule is COc1ccc(-c2cnc(SCC(=O)Nc3ccc(C)cc3)[nH]2)cc1. The number of nitrogens with one attached hydrogen (secondary N) is 2. The van der Waals surface area contributed by atoms with Crippen molar-refractivity contribution < 1.29 is 9.53 Å². The summed E-state index contributed by atoms with van der Waals surface area (Å²) in [5.41, 5.74) is 3.89. The van der Waals surface area contributed by atoms with Crippen molar-refractivity contribution in [2.45, 2.75) is 12.1 Å². The van der Waals surface area contributed by atoms with Crippen molar-refractivity contribution in [3.63, 3.8) is 0 Å². The van der Waals surface area contributed by atoms with Crippen LogP contribution in [0.1, 0.15) is 5.56 Å². The van der Waals surface area contributed by atoms with Gasteiger partial charge in [-0.25, -0.2) is 4.98 Å². The normalized spacial score (nSPS) is 10.5. The molecule has 6 heteroatoms. The van der Waals surface area contributed by atoms with Crippen molar-refractivity contribution in [1.29, 1.82) is 0 Å². The number of imidazole rings is 1. The van der Waals surface area contributed by atoms with E-state index < -0.39 is 0 Å². The molecule has 0 atom stereocenters. The standard InChI is InChI=1S/C19H19N3O2S/c1-13-3-7-15(8-4-13)21-18(23)12-25-19-20-11-17(22-19)14-5-9-16(24-2)10-6-14/h3-11H,12H2,1-2H3,(H,20,22)(H,21,23). The number of rotatable bonds is 6. The third kappa shape index (κ3) is 4.64. The third-order valence-electron chi connectivity index (χ3n) is 3.63. The first-order valence-corrected chi connectivity index (χ1v) is 8.81. The van der Waals surface area contributed by atoms with Crippen molar-refractivity contribution in [2.24, 2.45) is 0 Å². The molecule has 1 aromatic heterocycles. The van der Waals surface area contributed by atoms with Crippen molar-refractivity contribution in [3.8, 4) is 17.0 Å². The number of nitrogens with zero attached hydrogens (tertiary/aromatic N) is 1. The van der Waals surface area contributed by atoms with Gasteiger partial charge >= 0.3 is 0 Å². The number of hydrogen-bond acceptors (Lipinski definition) is 4. The highest BCUT2D eigenvalue weighted by Crippen LogP contribution is 2.23. The Morgan fingerprint density at radius 2 is 1.88 bits per heavy atom. The summed E-state index contributed by atoms with van der Waals surface area (Å²) in [5, 5.41) is 3.59. The van der Waals surface area contributed by atoms with Gasteiger partial charge in [0.2, 0.25) is 5.91 Å². The fourth-order valence-corrected chi connectivity index (χ4v) is 2.91. The minimum atomic E-state index is -0.0590. The molecule has 0 saturated heterocycles. The lowest BCUT2D eigenvalue weighted by molar-refractivity contribution is -0.113. The number of H-pyrrole nitrogens is 1. The molecular formula is C19H19N3O2S. The molecule has 0 aliphatic carbocycles. The Kier molecular flexibility index (Phi) is 5.40. The number of methoxy groups -OCH3 is 1. The summed E-state index contributed by atoms with van der Waals surface area (Å²) in [6.45, 7) is 2.01. The van der Waals surface area contributed by atoms with Gasteiger partial charge in [-0.3, -0.25) is 4.79 Å². The molecule has 2 aromatic carbocycles. The lowest BCUT2D eigenvalue weighted by atomic mass is 10.2. The number of benzene rings is 2. The van der Waals surface area contributed by atoms with Crippen LogP contribution in [0.5, 0.6) is 5.75 Å². The number of aryl methyl sites for hydroxylation is 1. The number of hydrogen-bond donors (Lipinski definition) is 2. The van der Waals surface area contributed by atoms with Crippen LogP contribution in [-0.4, -0.2) is 28.7 Å². The summed E-state index contributed by atoms with van der Waals surface area (Å²) < 4.78 is 5.16. The maximum absolute atomic E-state index is 12.0. The smallest absolute Gasteiger partial charge is 0.234 e. The summed E-state index contributed by atoms with van der Waals surface area (Å²) in [5.74, 6) is 1.05. The Morgan fingerprint density at radius 1 is 1.16 bits per heavy atom. The van der Waals surface area contributed by atoms with Crippen LogP contribution < -0.4 is 10.1 Å². The topological polar surface area (TPSA) is 67.0 Å². The van der Waals surface area contributed by atoms with Crippen LogP contribution in [-0.2, 0) is 4.79 Å². The van der Waals surface area contributed by atoms with E-state index in [9.17, 15) is 4.79 Å². The summed E-state index contributed by atoms with van der Waals surface area (Å²) in [4.78, 5) is 19.6. The van der Waals surface area contributed by atoms with Crippen LogP contribution in [0.15, 0.2) is 59.9 Å². The Balaban J connectivity index is 1.55. The minimum Gasteiger partial charge on any atom is -0.497 e. The summed E-state index contributed by atoms with van der Waals surface area (Å²) >= 11 is 1.37. The lowest BCUT2D eigenvalue weighted by Gasteiger charge is -2.04. The van der Waals surface area contributed by atoms with Gasteiger partial charge in [0.25, 0.3) is 0 Å². The molecule has 0 aliphatic heterocycles. The fourth-order valence-electron chi connectivity index (χ4n) is 2.26. The molecular weight excluding hydrogens is 334 g/mol. The molecule has 3 aromatic rings. The van der Waals surface area contributed by atoms with Gasteiger partial charge in [-0.1, -0.05) is 29.5 Å². The van der Waals surface area contributed by atoms with Crippen LogP contribution in [0.3, 0.4) is 0 Å². The predicted molar refractivity (Wildman–Crippen MR) is 101 cm³/mol. The van der Waals surface area contributed by atoms with E-state index in [2.05, 4.69) is 15.3 Å². The minimum absolute atomic E-state index is 0.0590. The van der Waals surface area contributed by atoms with Crippen molar-refractivity contribution in [3.05, 3.63) is 60.3 Å². The maximum Gasteiger partial charge on any atom is 0.234 e. The first-order valence-electron chi connectivity index (χ1n) is 7.83. The first kappa shape index (κ1) is 17.1. The number of ether oxygens (including phenoxy) is 1. The van der Waals surface area contributed by atoms with Crippen LogP contribution >= 0.6 is 11.8 Å². The fraction of sp³-hybridized carbons (Fsp3) is 0.158.